The highest BCUT2D eigenvalue weighted by Gasteiger charge is 2.37. The van der Waals surface area contributed by atoms with Crippen molar-refractivity contribution in [2.24, 2.45) is 0 Å². The number of carbonyl (C=O) groups is 2. The SMILES string of the molecule is COC(=O)C1=C(C)N(C[C@H]2CCCO2)C(=O)N[C@H]1c1csc(Br)c1. The van der Waals surface area contributed by atoms with Crippen LogP contribution in [0.5, 0.6) is 0 Å². The minimum absolute atomic E-state index is 0.0106. The van der Waals surface area contributed by atoms with Crippen molar-refractivity contribution in [3.63, 3.8) is 0 Å². The molecule has 0 radical (unpaired) electrons. The lowest BCUT2D eigenvalue weighted by atomic mass is 9.97. The van der Waals surface area contributed by atoms with Gasteiger partial charge in [-0.25, -0.2) is 9.59 Å². The molecule has 1 N–H and O–H groups in total. The molecule has 0 aromatic carbocycles. The van der Waals surface area contributed by atoms with Crippen LogP contribution in [0, 0.1) is 0 Å². The number of methoxy groups -OCH3 is 1. The Morgan fingerprint density at radius 2 is 2.38 bits per heavy atom. The molecule has 0 bridgehead atoms. The quantitative estimate of drug-likeness (QED) is 0.767. The van der Waals surface area contributed by atoms with Crippen LogP contribution < -0.4 is 5.32 Å². The summed E-state index contributed by atoms with van der Waals surface area (Å²) >= 11 is 4.93. The summed E-state index contributed by atoms with van der Waals surface area (Å²) in [6.45, 7) is 2.95. The lowest BCUT2D eigenvalue weighted by Crippen LogP contribution is -2.50. The Balaban J connectivity index is 1.95. The summed E-state index contributed by atoms with van der Waals surface area (Å²) in [5.41, 5.74) is 1.94. The van der Waals surface area contributed by atoms with Crippen LogP contribution >= 0.6 is 27.3 Å². The van der Waals surface area contributed by atoms with E-state index in [1.165, 1.54) is 18.4 Å². The average Bonchev–Trinajstić information content (AvgIpc) is 3.21. The lowest BCUT2D eigenvalue weighted by Gasteiger charge is -2.35. The van der Waals surface area contributed by atoms with Gasteiger partial charge in [-0.05, 0) is 52.7 Å². The zero-order valence-corrected chi connectivity index (χ0v) is 15.9. The van der Waals surface area contributed by atoms with E-state index in [-0.39, 0.29) is 12.1 Å². The molecule has 2 atom stereocenters. The second-order valence-electron chi connectivity index (χ2n) is 5.80. The minimum atomic E-state index is -0.506. The number of nitrogens with zero attached hydrogens (tertiary/aromatic N) is 1. The number of nitrogens with one attached hydrogen (secondary N) is 1. The second kappa shape index (κ2) is 7.25. The average molecular weight is 415 g/mol. The normalized spacial score (nSPS) is 24.3. The number of allylic oxidation sites excluding steroid dienone is 1. The molecule has 2 aliphatic rings. The molecule has 0 aliphatic carbocycles. The maximum absolute atomic E-state index is 12.6. The first-order chi connectivity index (χ1) is 11.5. The van der Waals surface area contributed by atoms with E-state index in [1.807, 2.05) is 11.4 Å². The van der Waals surface area contributed by atoms with E-state index >= 15 is 0 Å². The van der Waals surface area contributed by atoms with Crippen LogP contribution in [-0.4, -0.2) is 43.3 Å². The number of amides is 2. The van der Waals surface area contributed by atoms with Crippen molar-refractivity contribution in [2.45, 2.75) is 31.9 Å². The fourth-order valence-electron chi connectivity index (χ4n) is 3.09. The molecule has 8 heteroatoms. The molecule has 1 saturated heterocycles. The number of ether oxygens (including phenoxy) is 2. The monoisotopic (exact) mass is 414 g/mol. The first kappa shape index (κ1) is 17.4. The third-order valence-electron chi connectivity index (χ3n) is 4.33. The molecule has 3 heterocycles. The van der Waals surface area contributed by atoms with Crippen LogP contribution in [-0.2, 0) is 14.3 Å². The van der Waals surface area contributed by atoms with Gasteiger partial charge in [0, 0.05) is 12.3 Å². The summed E-state index contributed by atoms with van der Waals surface area (Å²) < 4.78 is 11.5. The Morgan fingerprint density at radius 3 is 2.96 bits per heavy atom. The minimum Gasteiger partial charge on any atom is -0.466 e. The van der Waals surface area contributed by atoms with Crippen LogP contribution in [0.25, 0.3) is 0 Å². The largest absolute Gasteiger partial charge is 0.466 e. The Labute approximate surface area is 152 Å². The summed E-state index contributed by atoms with van der Waals surface area (Å²) in [7, 11) is 1.35. The van der Waals surface area contributed by atoms with E-state index in [4.69, 9.17) is 9.47 Å². The van der Waals surface area contributed by atoms with Gasteiger partial charge in [0.1, 0.15) is 0 Å². The van der Waals surface area contributed by atoms with Crippen molar-refractivity contribution in [2.75, 3.05) is 20.3 Å². The van der Waals surface area contributed by atoms with E-state index in [1.54, 1.807) is 11.8 Å². The van der Waals surface area contributed by atoms with E-state index < -0.39 is 12.0 Å². The number of halogens is 1. The third-order valence-corrected chi connectivity index (χ3v) is 5.86. The maximum Gasteiger partial charge on any atom is 0.337 e. The predicted molar refractivity (Wildman–Crippen MR) is 93.7 cm³/mol. The van der Waals surface area contributed by atoms with Gasteiger partial charge in [-0.3, -0.25) is 4.90 Å². The zero-order chi connectivity index (χ0) is 17.3. The van der Waals surface area contributed by atoms with E-state index in [0.717, 1.165) is 28.8 Å². The Hall–Kier alpha value is -1.38. The molecule has 3 rings (SSSR count). The lowest BCUT2D eigenvalue weighted by molar-refractivity contribution is -0.136. The molecule has 1 aromatic heterocycles. The number of hydrogen-bond donors (Lipinski definition) is 1. The molecule has 130 valence electrons. The van der Waals surface area contributed by atoms with Crippen molar-refractivity contribution < 1.29 is 19.1 Å². The smallest absolute Gasteiger partial charge is 0.337 e. The van der Waals surface area contributed by atoms with Gasteiger partial charge in [0.2, 0.25) is 0 Å². The summed E-state index contributed by atoms with van der Waals surface area (Å²) in [6, 6.07) is 1.18. The molecular weight excluding hydrogens is 396 g/mol. The molecule has 24 heavy (non-hydrogen) atoms. The van der Waals surface area contributed by atoms with Gasteiger partial charge in [0.05, 0.1) is 35.2 Å². The van der Waals surface area contributed by atoms with Crippen LogP contribution in [0.3, 0.4) is 0 Å². The maximum atomic E-state index is 12.6. The highest BCUT2D eigenvalue weighted by atomic mass is 79.9. The van der Waals surface area contributed by atoms with Gasteiger partial charge >= 0.3 is 12.0 Å². The molecule has 0 spiro atoms. The standard InChI is InChI=1S/C16H19BrN2O4S/c1-9-13(15(20)22-2)14(10-6-12(17)24-8-10)18-16(21)19(9)7-11-4-3-5-23-11/h6,8,11,14H,3-5,7H2,1-2H3,(H,18,21)/t11-,14+/m1/s1. The Kier molecular flexibility index (Phi) is 5.27. The number of esters is 1. The molecule has 1 aromatic rings. The molecule has 6 nitrogen and oxygen atoms in total. The summed E-state index contributed by atoms with van der Waals surface area (Å²) in [4.78, 5) is 26.5. The van der Waals surface area contributed by atoms with E-state index in [2.05, 4.69) is 21.2 Å². The zero-order valence-electron chi connectivity index (χ0n) is 13.5. The Morgan fingerprint density at radius 1 is 1.58 bits per heavy atom. The van der Waals surface area contributed by atoms with Gasteiger partial charge in [-0.1, -0.05) is 0 Å². The van der Waals surface area contributed by atoms with Crippen LogP contribution in [0.2, 0.25) is 0 Å². The van der Waals surface area contributed by atoms with Crippen molar-refractivity contribution in [3.05, 3.63) is 32.1 Å². The van der Waals surface area contributed by atoms with Crippen molar-refractivity contribution >= 4 is 39.3 Å². The topological polar surface area (TPSA) is 67.9 Å². The fraction of sp³-hybridized carbons (Fsp3) is 0.500. The summed E-state index contributed by atoms with van der Waals surface area (Å²) in [5, 5.41) is 4.84. The molecule has 0 unspecified atom stereocenters. The number of hydrogen-bond acceptors (Lipinski definition) is 5. The molecular formula is C16H19BrN2O4S. The number of rotatable bonds is 4. The van der Waals surface area contributed by atoms with Crippen molar-refractivity contribution in [1.29, 1.82) is 0 Å². The van der Waals surface area contributed by atoms with Gasteiger partial charge < -0.3 is 14.8 Å². The first-order valence-electron chi connectivity index (χ1n) is 7.74. The van der Waals surface area contributed by atoms with Gasteiger partial charge in [-0.15, -0.1) is 11.3 Å². The fourth-order valence-corrected chi connectivity index (χ4v) is 4.29. The van der Waals surface area contributed by atoms with Crippen LogP contribution in [0.15, 0.2) is 26.5 Å². The van der Waals surface area contributed by atoms with E-state index in [0.29, 0.717) is 17.8 Å². The third kappa shape index (κ3) is 3.36. The molecule has 2 aliphatic heterocycles. The number of urea groups is 1. The molecule has 0 saturated carbocycles. The highest BCUT2D eigenvalue weighted by molar-refractivity contribution is 9.11. The molecule has 1 fully saturated rings. The number of carbonyl (C=O) groups excluding carboxylic acids is 2. The highest BCUT2D eigenvalue weighted by Crippen LogP contribution is 2.35. The predicted octanol–water partition coefficient (Wildman–Crippen LogP) is 3.20. The Bertz CT molecular complexity index is 681. The summed E-state index contributed by atoms with van der Waals surface area (Å²) in [6.07, 6.45) is 1.93. The summed E-state index contributed by atoms with van der Waals surface area (Å²) in [5.74, 6) is -0.433. The van der Waals surface area contributed by atoms with Gasteiger partial charge in [0.15, 0.2) is 0 Å². The second-order valence-corrected chi connectivity index (χ2v) is 8.09. The van der Waals surface area contributed by atoms with Crippen LogP contribution in [0.1, 0.15) is 31.4 Å². The van der Waals surface area contributed by atoms with Crippen molar-refractivity contribution in [3.8, 4) is 0 Å². The van der Waals surface area contributed by atoms with Gasteiger partial charge in [-0.2, -0.15) is 0 Å². The van der Waals surface area contributed by atoms with Gasteiger partial charge in [0.25, 0.3) is 0 Å². The van der Waals surface area contributed by atoms with Crippen LogP contribution in [0.4, 0.5) is 4.79 Å². The first-order valence-corrected chi connectivity index (χ1v) is 9.41. The molecule has 2 amide bonds. The number of thiophene rings is 1. The van der Waals surface area contributed by atoms with E-state index in [9.17, 15) is 9.59 Å². The van der Waals surface area contributed by atoms with Crippen molar-refractivity contribution in [1.82, 2.24) is 10.2 Å².